The van der Waals surface area contributed by atoms with Gasteiger partial charge < -0.3 is 14.6 Å². The van der Waals surface area contributed by atoms with Gasteiger partial charge in [-0.2, -0.15) is 0 Å². The van der Waals surface area contributed by atoms with Crippen LogP contribution in [0.15, 0.2) is 30.9 Å². The van der Waals surface area contributed by atoms with Crippen LogP contribution in [0, 0.1) is 0 Å². The van der Waals surface area contributed by atoms with Crippen LogP contribution in [0.25, 0.3) is 0 Å². The molecule has 1 N–H and O–H groups in total. The topological polar surface area (TPSA) is 64.5 Å². The standard InChI is InChI=1S/C13H14N2O3/c1-17-11-4-9(5-12(18-2)13(11)16)3-10-6-14-8-15-7-10/h4-8,16H,3H2,1-2H3. The van der Waals surface area contributed by atoms with E-state index in [0.717, 1.165) is 11.1 Å². The van der Waals surface area contributed by atoms with E-state index in [1.54, 1.807) is 24.5 Å². The van der Waals surface area contributed by atoms with Crippen molar-refractivity contribution >= 4 is 0 Å². The fraction of sp³-hybridized carbons (Fsp3) is 0.231. The Hall–Kier alpha value is -2.30. The van der Waals surface area contributed by atoms with Crippen molar-refractivity contribution in [2.45, 2.75) is 6.42 Å². The van der Waals surface area contributed by atoms with Gasteiger partial charge in [0.15, 0.2) is 11.5 Å². The molecule has 0 saturated heterocycles. The predicted molar refractivity (Wildman–Crippen MR) is 66.0 cm³/mol. The Morgan fingerprint density at radius 1 is 1.00 bits per heavy atom. The molecule has 94 valence electrons. The largest absolute Gasteiger partial charge is 0.502 e. The van der Waals surface area contributed by atoms with E-state index >= 15 is 0 Å². The van der Waals surface area contributed by atoms with Gasteiger partial charge >= 0.3 is 0 Å². The number of methoxy groups -OCH3 is 2. The zero-order valence-electron chi connectivity index (χ0n) is 10.3. The van der Waals surface area contributed by atoms with E-state index in [1.807, 2.05) is 0 Å². The zero-order chi connectivity index (χ0) is 13.0. The lowest BCUT2D eigenvalue weighted by Crippen LogP contribution is -1.95. The molecule has 18 heavy (non-hydrogen) atoms. The molecule has 0 aliphatic carbocycles. The summed E-state index contributed by atoms with van der Waals surface area (Å²) < 4.78 is 10.2. The van der Waals surface area contributed by atoms with Gasteiger partial charge in [-0.25, -0.2) is 9.97 Å². The number of aromatic nitrogens is 2. The van der Waals surface area contributed by atoms with Gasteiger partial charge in [-0.05, 0) is 23.3 Å². The number of benzene rings is 1. The van der Waals surface area contributed by atoms with E-state index in [9.17, 15) is 5.11 Å². The molecule has 1 aromatic carbocycles. The van der Waals surface area contributed by atoms with Crippen LogP contribution < -0.4 is 9.47 Å². The summed E-state index contributed by atoms with van der Waals surface area (Å²) in [6.07, 6.45) is 5.63. The number of aromatic hydroxyl groups is 1. The third-order valence-corrected chi connectivity index (χ3v) is 2.56. The van der Waals surface area contributed by atoms with Gasteiger partial charge in [0.05, 0.1) is 14.2 Å². The first-order valence-corrected chi connectivity index (χ1v) is 5.42. The molecular formula is C13H14N2O3. The molecule has 0 aliphatic rings. The second kappa shape index (κ2) is 5.35. The molecule has 0 radical (unpaired) electrons. The molecule has 0 fully saturated rings. The summed E-state index contributed by atoms with van der Waals surface area (Å²) in [6.45, 7) is 0. The quantitative estimate of drug-likeness (QED) is 0.891. The predicted octanol–water partition coefficient (Wildman–Crippen LogP) is 1.79. The highest BCUT2D eigenvalue weighted by Gasteiger charge is 2.11. The van der Waals surface area contributed by atoms with Crippen LogP contribution in [0.4, 0.5) is 0 Å². The Labute approximate surface area is 105 Å². The van der Waals surface area contributed by atoms with Crippen molar-refractivity contribution in [1.29, 1.82) is 0 Å². The highest BCUT2D eigenvalue weighted by molar-refractivity contribution is 5.53. The molecule has 1 aromatic heterocycles. The average Bonchev–Trinajstić information content (AvgIpc) is 2.41. The monoisotopic (exact) mass is 246 g/mol. The SMILES string of the molecule is COc1cc(Cc2cncnc2)cc(OC)c1O. The van der Waals surface area contributed by atoms with E-state index in [1.165, 1.54) is 20.5 Å². The molecule has 0 spiro atoms. The second-order valence-electron chi connectivity index (χ2n) is 3.77. The van der Waals surface area contributed by atoms with Crippen LogP contribution in [0.1, 0.15) is 11.1 Å². The van der Waals surface area contributed by atoms with Gasteiger partial charge in [0.1, 0.15) is 6.33 Å². The Bertz CT molecular complexity index is 504. The minimum atomic E-state index is 0.00746. The van der Waals surface area contributed by atoms with Gasteiger partial charge in [0, 0.05) is 18.8 Å². The molecule has 0 bridgehead atoms. The number of phenols is 1. The van der Waals surface area contributed by atoms with Gasteiger partial charge in [-0.3, -0.25) is 0 Å². The maximum atomic E-state index is 9.80. The fourth-order valence-electron chi connectivity index (χ4n) is 1.71. The lowest BCUT2D eigenvalue weighted by atomic mass is 10.1. The number of hydrogen-bond donors (Lipinski definition) is 1. The molecule has 0 amide bonds. The van der Waals surface area contributed by atoms with Gasteiger partial charge in [-0.1, -0.05) is 0 Å². The first-order valence-electron chi connectivity index (χ1n) is 5.42. The van der Waals surface area contributed by atoms with Crippen LogP contribution >= 0.6 is 0 Å². The molecule has 5 heteroatoms. The maximum Gasteiger partial charge on any atom is 0.200 e. The van der Waals surface area contributed by atoms with Crippen molar-refractivity contribution in [2.75, 3.05) is 14.2 Å². The number of nitrogens with zero attached hydrogens (tertiary/aromatic N) is 2. The third-order valence-electron chi connectivity index (χ3n) is 2.56. The summed E-state index contributed by atoms with van der Waals surface area (Å²) in [6, 6.07) is 3.54. The summed E-state index contributed by atoms with van der Waals surface area (Å²) >= 11 is 0. The first-order chi connectivity index (χ1) is 8.74. The van der Waals surface area contributed by atoms with E-state index in [4.69, 9.17) is 9.47 Å². The van der Waals surface area contributed by atoms with E-state index in [-0.39, 0.29) is 5.75 Å². The molecule has 2 rings (SSSR count). The molecule has 2 aromatic rings. The van der Waals surface area contributed by atoms with Crippen LogP contribution in [-0.2, 0) is 6.42 Å². The Kier molecular flexibility index (Phi) is 3.62. The molecule has 0 unspecified atom stereocenters. The zero-order valence-corrected chi connectivity index (χ0v) is 10.3. The lowest BCUT2D eigenvalue weighted by molar-refractivity contribution is 0.339. The molecular weight excluding hydrogens is 232 g/mol. The van der Waals surface area contributed by atoms with Gasteiger partial charge in [-0.15, -0.1) is 0 Å². The van der Waals surface area contributed by atoms with Crippen LogP contribution in [0.5, 0.6) is 17.2 Å². The third kappa shape index (κ3) is 2.51. The van der Waals surface area contributed by atoms with Gasteiger partial charge in [0.25, 0.3) is 0 Å². The fourth-order valence-corrected chi connectivity index (χ4v) is 1.71. The van der Waals surface area contributed by atoms with Crippen molar-refractivity contribution in [2.24, 2.45) is 0 Å². The second-order valence-corrected chi connectivity index (χ2v) is 3.77. The van der Waals surface area contributed by atoms with Crippen molar-refractivity contribution in [3.63, 3.8) is 0 Å². The summed E-state index contributed by atoms with van der Waals surface area (Å²) in [5.74, 6) is 0.787. The maximum absolute atomic E-state index is 9.80. The van der Waals surface area contributed by atoms with E-state index in [0.29, 0.717) is 17.9 Å². The van der Waals surface area contributed by atoms with Crippen LogP contribution in [0.3, 0.4) is 0 Å². The summed E-state index contributed by atoms with van der Waals surface area (Å²) in [7, 11) is 3.01. The minimum Gasteiger partial charge on any atom is -0.502 e. The Balaban J connectivity index is 2.34. The molecule has 0 saturated carbocycles. The van der Waals surface area contributed by atoms with Crippen molar-refractivity contribution in [3.8, 4) is 17.2 Å². The Morgan fingerprint density at radius 2 is 1.56 bits per heavy atom. The van der Waals surface area contributed by atoms with E-state index in [2.05, 4.69) is 9.97 Å². The highest BCUT2D eigenvalue weighted by Crippen LogP contribution is 2.37. The van der Waals surface area contributed by atoms with E-state index < -0.39 is 0 Å². The average molecular weight is 246 g/mol. The smallest absolute Gasteiger partial charge is 0.200 e. The van der Waals surface area contributed by atoms with Crippen LogP contribution in [-0.4, -0.2) is 29.3 Å². The first kappa shape index (κ1) is 12.2. The number of ether oxygens (including phenoxy) is 2. The van der Waals surface area contributed by atoms with Crippen LogP contribution in [0.2, 0.25) is 0 Å². The highest BCUT2D eigenvalue weighted by atomic mass is 16.5. The number of phenolic OH excluding ortho intramolecular Hbond substituents is 1. The normalized spacial score (nSPS) is 10.1. The molecule has 1 heterocycles. The molecule has 0 atom stereocenters. The molecule has 5 nitrogen and oxygen atoms in total. The number of rotatable bonds is 4. The van der Waals surface area contributed by atoms with Crippen molar-refractivity contribution in [1.82, 2.24) is 9.97 Å². The molecule has 0 aliphatic heterocycles. The van der Waals surface area contributed by atoms with Gasteiger partial charge in [0.2, 0.25) is 5.75 Å². The lowest BCUT2D eigenvalue weighted by Gasteiger charge is -2.11. The summed E-state index contributed by atoms with van der Waals surface area (Å²) in [5.41, 5.74) is 1.93. The minimum absolute atomic E-state index is 0.00746. The summed E-state index contributed by atoms with van der Waals surface area (Å²) in [4.78, 5) is 7.92. The summed E-state index contributed by atoms with van der Waals surface area (Å²) in [5, 5.41) is 9.80. The van der Waals surface area contributed by atoms with Crippen molar-refractivity contribution in [3.05, 3.63) is 42.0 Å². The van der Waals surface area contributed by atoms with Crippen molar-refractivity contribution < 1.29 is 14.6 Å². The number of hydrogen-bond acceptors (Lipinski definition) is 5. The Morgan fingerprint density at radius 3 is 2.06 bits per heavy atom.